The van der Waals surface area contributed by atoms with Gasteiger partial charge in [0.1, 0.15) is 0 Å². The topological polar surface area (TPSA) is 47.9 Å². The maximum absolute atomic E-state index is 10.0. The van der Waals surface area contributed by atoms with Crippen LogP contribution in [0.5, 0.6) is 0 Å². The molecule has 0 atom stereocenters. The van der Waals surface area contributed by atoms with Crippen molar-refractivity contribution in [1.82, 2.24) is 0 Å². The molecule has 0 N–H and O–H groups in total. The number of carbonyl (C=O) groups excluding carboxylic acids is 1. The Kier molecular flexibility index (Phi) is 8.01. The Morgan fingerprint density at radius 3 is 2.53 bits per heavy atom. The molecule has 0 unspecified atom stereocenters. The lowest BCUT2D eigenvalue weighted by molar-refractivity contribution is 0.225. The predicted octanol–water partition coefficient (Wildman–Crippen LogP) is 1.46. The van der Waals surface area contributed by atoms with Crippen molar-refractivity contribution in [3.05, 3.63) is 29.8 Å². The quantitative estimate of drug-likeness (QED) is 0.297. The summed E-state index contributed by atoms with van der Waals surface area (Å²) in [6, 6.07) is 8.21. The largest absolute Gasteiger partial charge is 0.394 e. The van der Waals surface area contributed by atoms with Gasteiger partial charge in [-0.05, 0) is 37.4 Å². The highest BCUT2D eigenvalue weighted by Gasteiger charge is 2.18. The fraction of sp³-hybridized carbons (Fsp3) is 0.500. The summed E-state index contributed by atoms with van der Waals surface area (Å²) in [5.41, 5.74) is 1.24. The zero-order valence-electron chi connectivity index (χ0n) is 11.6. The molecule has 0 amide bonds. The smallest absolute Gasteiger partial charge is 0.356 e. The van der Waals surface area contributed by atoms with E-state index in [1.54, 1.807) is 6.08 Å². The standard InChI is InChI=1S/C14H21NO3Si/c1-3-17-19(18-4-2)14-10-6-5-8-13(14)9-7-11-15-12-16/h5-6,8,10,19H,3-4,7,9,11H2,1-2H3. The van der Waals surface area contributed by atoms with Gasteiger partial charge in [-0.2, -0.15) is 0 Å². The van der Waals surface area contributed by atoms with Crippen molar-refractivity contribution in [2.24, 2.45) is 4.99 Å². The molecular weight excluding hydrogens is 258 g/mol. The number of aliphatic imine (C=N–C) groups is 1. The van der Waals surface area contributed by atoms with Gasteiger partial charge in [-0.15, -0.1) is 0 Å². The molecule has 0 radical (unpaired) electrons. The molecule has 0 aliphatic rings. The van der Waals surface area contributed by atoms with Crippen molar-refractivity contribution in [3.63, 3.8) is 0 Å². The SMILES string of the molecule is CCO[SiH](OCC)c1ccccc1CCCN=C=O. The van der Waals surface area contributed by atoms with E-state index >= 15 is 0 Å². The molecule has 1 rings (SSSR count). The Labute approximate surface area is 116 Å². The molecule has 1 aromatic rings. The van der Waals surface area contributed by atoms with Crippen LogP contribution in [0, 0.1) is 0 Å². The van der Waals surface area contributed by atoms with Gasteiger partial charge in [0.2, 0.25) is 6.08 Å². The first kappa shape index (κ1) is 15.8. The monoisotopic (exact) mass is 279 g/mol. The van der Waals surface area contributed by atoms with E-state index in [0.717, 1.165) is 12.8 Å². The molecule has 104 valence electrons. The third-order valence-electron chi connectivity index (χ3n) is 2.73. The van der Waals surface area contributed by atoms with E-state index in [2.05, 4.69) is 17.1 Å². The first-order valence-corrected chi connectivity index (χ1v) is 8.20. The van der Waals surface area contributed by atoms with Crippen LogP contribution in [0.25, 0.3) is 0 Å². The molecule has 0 fully saturated rings. The Hall–Kier alpha value is -1.26. The van der Waals surface area contributed by atoms with Crippen LogP contribution in [-0.2, 0) is 20.1 Å². The zero-order valence-corrected chi connectivity index (χ0v) is 12.7. The highest BCUT2D eigenvalue weighted by molar-refractivity contribution is 6.61. The third kappa shape index (κ3) is 5.49. The van der Waals surface area contributed by atoms with Gasteiger partial charge in [0.25, 0.3) is 0 Å². The van der Waals surface area contributed by atoms with Crippen LogP contribution < -0.4 is 5.19 Å². The van der Waals surface area contributed by atoms with E-state index < -0.39 is 9.28 Å². The summed E-state index contributed by atoms with van der Waals surface area (Å²) >= 11 is 0. The van der Waals surface area contributed by atoms with Gasteiger partial charge < -0.3 is 8.85 Å². The summed E-state index contributed by atoms with van der Waals surface area (Å²) < 4.78 is 11.5. The first-order chi connectivity index (χ1) is 9.33. The lowest BCUT2D eigenvalue weighted by atomic mass is 10.1. The van der Waals surface area contributed by atoms with Crippen molar-refractivity contribution in [3.8, 4) is 0 Å². The Morgan fingerprint density at radius 1 is 1.21 bits per heavy atom. The summed E-state index contributed by atoms with van der Waals surface area (Å²) in [6.07, 6.45) is 3.29. The van der Waals surface area contributed by atoms with E-state index in [9.17, 15) is 4.79 Å². The molecule has 19 heavy (non-hydrogen) atoms. The molecule has 0 aliphatic carbocycles. The number of rotatable bonds is 9. The number of hydrogen-bond acceptors (Lipinski definition) is 4. The molecule has 5 heteroatoms. The van der Waals surface area contributed by atoms with Crippen LogP contribution in [0.3, 0.4) is 0 Å². The van der Waals surface area contributed by atoms with Gasteiger partial charge >= 0.3 is 9.28 Å². The summed E-state index contributed by atoms with van der Waals surface area (Å²) in [7, 11) is -1.80. The predicted molar refractivity (Wildman–Crippen MR) is 77.8 cm³/mol. The van der Waals surface area contributed by atoms with Crippen LogP contribution in [0.4, 0.5) is 0 Å². The number of isocyanates is 1. The second-order valence-corrected chi connectivity index (χ2v) is 5.97. The average Bonchev–Trinajstić information content (AvgIpc) is 2.44. The number of hydrogen-bond donors (Lipinski definition) is 0. The summed E-state index contributed by atoms with van der Waals surface area (Å²) in [5.74, 6) is 0. The Morgan fingerprint density at radius 2 is 1.89 bits per heavy atom. The average molecular weight is 279 g/mol. The molecule has 1 aromatic carbocycles. The zero-order chi connectivity index (χ0) is 13.9. The van der Waals surface area contributed by atoms with Crippen LogP contribution in [0.2, 0.25) is 0 Å². The van der Waals surface area contributed by atoms with Crippen molar-refractivity contribution >= 4 is 20.6 Å². The van der Waals surface area contributed by atoms with Gasteiger partial charge in [-0.1, -0.05) is 24.3 Å². The molecule has 4 nitrogen and oxygen atoms in total. The van der Waals surface area contributed by atoms with Gasteiger partial charge in [0, 0.05) is 13.2 Å². The van der Waals surface area contributed by atoms with Crippen molar-refractivity contribution in [2.75, 3.05) is 19.8 Å². The van der Waals surface area contributed by atoms with Gasteiger partial charge in [-0.25, -0.2) is 9.79 Å². The maximum Gasteiger partial charge on any atom is 0.356 e. The number of aryl methyl sites for hydroxylation is 1. The molecule has 0 spiro atoms. The highest BCUT2D eigenvalue weighted by Crippen LogP contribution is 2.04. The second-order valence-electron chi connectivity index (χ2n) is 4.02. The van der Waals surface area contributed by atoms with Gasteiger partial charge in [0.15, 0.2) is 0 Å². The third-order valence-corrected chi connectivity index (χ3v) is 5.07. The Balaban J connectivity index is 2.76. The van der Waals surface area contributed by atoms with Crippen molar-refractivity contribution < 1.29 is 13.6 Å². The van der Waals surface area contributed by atoms with E-state index in [1.165, 1.54) is 10.8 Å². The minimum absolute atomic E-state index is 0.521. The normalized spacial score (nSPS) is 10.5. The molecule has 0 aliphatic heterocycles. The number of nitrogens with zero attached hydrogens (tertiary/aromatic N) is 1. The second kappa shape index (κ2) is 9.64. The minimum Gasteiger partial charge on any atom is -0.394 e. The maximum atomic E-state index is 10.0. The van der Waals surface area contributed by atoms with Crippen LogP contribution in [-0.4, -0.2) is 35.1 Å². The van der Waals surface area contributed by atoms with E-state index in [4.69, 9.17) is 8.85 Å². The summed E-state index contributed by atoms with van der Waals surface area (Å²) in [5, 5.41) is 1.20. The van der Waals surface area contributed by atoms with Gasteiger partial charge in [0.05, 0.1) is 6.54 Å². The summed E-state index contributed by atoms with van der Waals surface area (Å²) in [4.78, 5) is 13.6. The fourth-order valence-electron chi connectivity index (χ4n) is 1.92. The highest BCUT2D eigenvalue weighted by atomic mass is 28.3. The molecule has 0 saturated heterocycles. The lowest BCUT2D eigenvalue weighted by Crippen LogP contribution is -2.39. The van der Waals surface area contributed by atoms with Crippen LogP contribution in [0.1, 0.15) is 25.8 Å². The molecule has 0 bridgehead atoms. The van der Waals surface area contributed by atoms with Crippen molar-refractivity contribution in [2.45, 2.75) is 26.7 Å². The summed E-state index contributed by atoms with van der Waals surface area (Å²) in [6.45, 7) is 5.83. The fourth-order valence-corrected chi connectivity index (χ4v) is 3.79. The number of benzene rings is 1. The molecule has 0 aromatic heterocycles. The Bertz CT molecular complexity index is 413. The molecule has 0 heterocycles. The molecule has 0 saturated carbocycles. The molecular formula is C14H21NO3Si. The lowest BCUT2D eigenvalue weighted by Gasteiger charge is -2.18. The van der Waals surface area contributed by atoms with E-state index in [-0.39, 0.29) is 0 Å². The van der Waals surface area contributed by atoms with Crippen LogP contribution in [0.15, 0.2) is 29.3 Å². The minimum atomic E-state index is -1.80. The van der Waals surface area contributed by atoms with Crippen molar-refractivity contribution in [1.29, 1.82) is 0 Å². The van der Waals surface area contributed by atoms with E-state index in [0.29, 0.717) is 19.8 Å². The van der Waals surface area contributed by atoms with E-state index in [1.807, 2.05) is 26.0 Å². The van der Waals surface area contributed by atoms with Gasteiger partial charge in [-0.3, -0.25) is 0 Å². The first-order valence-electron chi connectivity index (χ1n) is 6.68. The van der Waals surface area contributed by atoms with Crippen LogP contribution >= 0.6 is 0 Å².